The predicted molar refractivity (Wildman–Crippen MR) is 113 cm³/mol. The largest absolute Gasteiger partial charge is 0.361 e. The number of hydrogen-bond donors (Lipinski definition) is 2. The Kier molecular flexibility index (Phi) is 6.48. The Balaban J connectivity index is 1.52. The quantitative estimate of drug-likeness (QED) is 0.619. The molecule has 0 radical (unpaired) electrons. The first-order chi connectivity index (χ1) is 13.6. The Morgan fingerprint density at radius 3 is 2.50 bits per heavy atom. The highest BCUT2D eigenvalue weighted by Crippen LogP contribution is 2.18. The molecule has 0 saturated heterocycles. The van der Waals surface area contributed by atoms with Crippen LogP contribution in [0.5, 0.6) is 0 Å². The summed E-state index contributed by atoms with van der Waals surface area (Å²) in [4.78, 5) is 29.2. The topological polar surface area (TPSA) is 65.2 Å². The van der Waals surface area contributed by atoms with Crippen LogP contribution in [0.25, 0.3) is 10.9 Å². The standard InChI is InChI=1S/C23H27N3O2/c1-3-18-8-10-20(11-9-18)25-23(28)13-15-26(17(2)27)14-12-19-16-24-22-7-5-4-6-21(19)22/h4-11,16,24H,3,12-15H2,1-2H3,(H,25,28). The summed E-state index contributed by atoms with van der Waals surface area (Å²) in [6.07, 6.45) is 4.00. The number of fused-ring (bicyclic) bond motifs is 1. The maximum Gasteiger partial charge on any atom is 0.226 e. The zero-order chi connectivity index (χ0) is 19.9. The molecule has 2 amide bonds. The van der Waals surface area contributed by atoms with Crippen LogP contribution < -0.4 is 5.32 Å². The number of H-pyrrole nitrogens is 1. The minimum atomic E-state index is -0.0809. The van der Waals surface area contributed by atoms with Crippen LogP contribution in [-0.4, -0.2) is 34.8 Å². The van der Waals surface area contributed by atoms with E-state index in [0.717, 1.165) is 24.0 Å². The van der Waals surface area contributed by atoms with Gasteiger partial charge < -0.3 is 15.2 Å². The van der Waals surface area contributed by atoms with Gasteiger partial charge in [0.15, 0.2) is 0 Å². The zero-order valence-corrected chi connectivity index (χ0v) is 16.5. The molecule has 1 heterocycles. The third kappa shape index (κ3) is 5.00. The van der Waals surface area contributed by atoms with Gasteiger partial charge in [0, 0.05) is 49.2 Å². The van der Waals surface area contributed by atoms with E-state index in [9.17, 15) is 9.59 Å². The Morgan fingerprint density at radius 1 is 1.04 bits per heavy atom. The number of nitrogens with one attached hydrogen (secondary N) is 2. The Labute approximate surface area is 165 Å². The lowest BCUT2D eigenvalue weighted by molar-refractivity contribution is -0.129. The molecule has 0 bridgehead atoms. The average Bonchev–Trinajstić information content (AvgIpc) is 3.11. The van der Waals surface area contributed by atoms with E-state index in [2.05, 4.69) is 23.3 Å². The summed E-state index contributed by atoms with van der Waals surface area (Å²) in [5.41, 5.74) is 4.30. The van der Waals surface area contributed by atoms with Gasteiger partial charge in [-0.25, -0.2) is 0 Å². The van der Waals surface area contributed by atoms with E-state index >= 15 is 0 Å². The number of carbonyl (C=O) groups is 2. The molecule has 28 heavy (non-hydrogen) atoms. The van der Waals surface area contributed by atoms with Crippen molar-refractivity contribution in [2.45, 2.75) is 33.1 Å². The molecule has 0 spiro atoms. The molecule has 1 aromatic heterocycles. The van der Waals surface area contributed by atoms with Crippen molar-refractivity contribution in [3.05, 3.63) is 65.9 Å². The highest BCUT2D eigenvalue weighted by atomic mass is 16.2. The van der Waals surface area contributed by atoms with Crippen molar-refractivity contribution >= 4 is 28.4 Å². The minimum absolute atomic E-state index is 0.0139. The minimum Gasteiger partial charge on any atom is -0.361 e. The lowest BCUT2D eigenvalue weighted by atomic mass is 10.1. The molecule has 0 fully saturated rings. The second kappa shape index (κ2) is 9.22. The monoisotopic (exact) mass is 377 g/mol. The molecule has 0 saturated carbocycles. The number of benzene rings is 2. The fourth-order valence-corrected chi connectivity index (χ4v) is 3.30. The molecular formula is C23H27N3O2. The molecule has 3 aromatic rings. The summed E-state index contributed by atoms with van der Waals surface area (Å²) in [5.74, 6) is -0.0949. The molecule has 0 atom stereocenters. The number of rotatable bonds is 8. The van der Waals surface area contributed by atoms with Crippen LogP contribution >= 0.6 is 0 Å². The SMILES string of the molecule is CCc1ccc(NC(=O)CCN(CCc2c[nH]c3ccccc23)C(C)=O)cc1. The van der Waals surface area contributed by atoms with E-state index in [4.69, 9.17) is 0 Å². The van der Waals surface area contributed by atoms with E-state index in [0.29, 0.717) is 13.1 Å². The number of amides is 2. The summed E-state index contributed by atoms with van der Waals surface area (Å²) in [5, 5.41) is 4.08. The first kappa shape index (κ1) is 19.7. The van der Waals surface area contributed by atoms with E-state index in [1.165, 1.54) is 16.5 Å². The third-order valence-electron chi connectivity index (χ3n) is 5.03. The second-order valence-electron chi connectivity index (χ2n) is 6.96. The molecule has 2 aromatic carbocycles. The van der Waals surface area contributed by atoms with Gasteiger partial charge >= 0.3 is 0 Å². The maximum absolute atomic E-state index is 12.2. The second-order valence-corrected chi connectivity index (χ2v) is 6.96. The molecule has 2 N–H and O–H groups in total. The van der Waals surface area contributed by atoms with Crippen molar-refractivity contribution in [3.8, 4) is 0 Å². The smallest absolute Gasteiger partial charge is 0.226 e. The Hall–Kier alpha value is -3.08. The van der Waals surface area contributed by atoms with Crippen molar-refractivity contribution in [1.82, 2.24) is 9.88 Å². The zero-order valence-electron chi connectivity index (χ0n) is 16.5. The van der Waals surface area contributed by atoms with Gasteiger partial charge in [-0.3, -0.25) is 9.59 Å². The number of nitrogens with zero attached hydrogens (tertiary/aromatic N) is 1. The number of carbonyl (C=O) groups excluding carboxylic acids is 2. The number of hydrogen-bond acceptors (Lipinski definition) is 2. The predicted octanol–water partition coefficient (Wildman–Crippen LogP) is 4.15. The van der Waals surface area contributed by atoms with E-state index < -0.39 is 0 Å². The summed E-state index contributed by atoms with van der Waals surface area (Å²) in [6, 6.07) is 16.0. The summed E-state index contributed by atoms with van der Waals surface area (Å²) in [6.45, 7) is 4.66. The van der Waals surface area contributed by atoms with Gasteiger partial charge in [-0.05, 0) is 42.2 Å². The average molecular weight is 377 g/mol. The van der Waals surface area contributed by atoms with Crippen LogP contribution in [0, 0.1) is 0 Å². The fraction of sp³-hybridized carbons (Fsp3) is 0.304. The van der Waals surface area contributed by atoms with Gasteiger partial charge in [0.05, 0.1) is 0 Å². The highest BCUT2D eigenvalue weighted by Gasteiger charge is 2.13. The van der Waals surface area contributed by atoms with Gasteiger partial charge in [0.1, 0.15) is 0 Å². The van der Waals surface area contributed by atoms with Crippen molar-refractivity contribution in [3.63, 3.8) is 0 Å². The highest BCUT2D eigenvalue weighted by molar-refractivity contribution is 5.91. The molecule has 0 unspecified atom stereocenters. The normalized spacial score (nSPS) is 10.8. The van der Waals surface area contributed by atoms with E-state index in [1.54, 1.807) is 11.8 Å². The number of aryl methyl sites for hydroxylation is 1. The maximum atomic E-state index is 12.2. The van der Waals surface area contributed by atoms with Crippen LogP contribution in [0.15, 0.2) is 54.7 Å². The molecule has 0 aliphatic rings. The van der Waals surface area contributed by atoms with Crippen LogP contribution in [-0.2, 0) is 22.4 Å². The van der Waals surface area contributed by atoms with Gasteiger partial charge in [-0.2, -0.15) is 0 Å². The molecule has 146 valence electrons. The lowest BCUT2D eigenvalue weighted by Crippen LogP contribution is -2.33. The van der Waals surface area contributed by atoms with Gasteiger partial charge in [0.25, 0.3) is 0 Å². The van der Waals surface area contributed by atoms with Crippen LogP contribution in [0.1, 0.15) is 31.4 Å². The summed E-state index contributed by atoms with van der Waals surface area (Å²) >= 11 is 0. The fourth-order valence-electron chi connectivity index (χ4n) is 3.30. The van der Waals surface area contributed by atoms with Crippen LogP contribution in [0.4, 0.5) is 5.69 Å². The number of anilines is 1. The van der Waals surface area contributed by atoms with Crippen molar-refractivity contribution in [2.24, 2.45) is 0 Å². The number of aromatic nitrogens is 1. The first-order valence-electron chi connectivity index (χ1n) is 9.76. The molecule has 5 nitrogen and oxygen atoms in total. The number of para-hydroxylation sites is 1. The summed E-state index contributed by atoms with van der Waals surface area (Å²) < 4.78 is 0. The van der Waals surface area contributed by atoms with Gasteiger partial charge in [-0.15, -0.1) is 0 Å². The Bertz CT molecular complexity index is 944. The Morgan fingerprint density at radius 2 is 1.79 bits per heavy atom. The van der Waals surface area contributed by atoms with Gasteiger partial charge in [0.2, 0.25) is 11.8 Å². The van der Waals surface area contributed by atoms with Crippen molar-refractivity contribution in [1.29, 1.82) is 0 Å². The van der Waals surface area contributed by atoms with Crippen LogP contribution in [0.3, 0.4) is 0 Å². The summed E-state index contributed by atoms with van der Waals surface area (Å²) in [7, 11) is 0. The molecular weight excluding hydrogens is 350 g/mol. The van der Waals surface area contributed by atoms with Crippen LogP contribution in [0.2, 0.25) is 0 Å². The van der Waals surface area contributed by atoms with Crippen molar-refractivity contribution < 1.29 is 9.59 Å². The first-order valence-corrected chi connectivity index (χ1v) is 9.76. The van der Waals surface area contributed by atoms with E-state index in [1.807, 2.05) is 48.7 Å². The van der Waals surface area contributed by atoms with E-state index in [-0.39, 0.29) is 18.2 Å². The molecule has 5 heteroatoms. The van der Waals surface area contributed by atoms with Crippen molar-refractivity contribution in [2.75, 3.05) is 18.4 Å². The molecule has 0 aliphatic carbocycles. The molecule has 0 aliphatic heterocycles. The number of aromatic amines is 1. The molecule has 3 rings (SSSR count). The third-order valence-corrected chi connectivity index (χ3v) is 5.03. The lowest BCUT2D eigenvalue weighted by Gasteiger charge is -2.20. The van der Waals surface area contributed by atoms with Gasteiger partial charge in [-0.1, -0.05) is 37.3 Å².